The van der Waals surface area contributed by atoms with E-state index in [-0.39, 0.29) is 6.04 Å². The van der Waals surface area contributed by atoms with Crippen molar-refractivity contribution in [3.05, 3.63) is 64.2 Å². The number of rotatable bonds is 3. The van der Waals surface area contributed by atoms with Crippen LogP contribution in [0.2, 0.25) is 0 Å². The van der Waals surface area contributed by atoms with Crippen molar-refractivity contribution < 1.29 is 0 Å². The van der Waals surface area contributed by atoms with E-state index in [2.05, 4.69) is 67.8 Å². The third kappa shape index (κ3) is 3.96. The lowest BCUT2D eigenvalue weighted by Crippen LogP contribution is -2.31. The first-order valence-corrected chi connectivity index (χ1v) is 9.20. The Hall–Kier alpha value is -1.87. The summed E-state index contributed by atoms with van der Waals surface area (Å²) in [6.07, 6.45) is 5.07. The number of benzene rings is 2. The predicted molar refractivity (Wildman–Crippen MR) is 107 cm³/mol. The Morgan fingerprint density at radius 2 is 1.75 bits per heavy atom. The highest BCUT2D eigenvalue weighted by atomic mass is 32.1. The quantitative estimate of drug-likeness (QED) is 0.749. The molecule has 0 spiro atoms. The molecule has 2 aromatic rings. The van der Waals surface area contributed by atoms with Gasteiger partial charge in [0, 0.05) is 5.69 Å². The average Bonchev–Trinajstić information content (AvgIpc) is 2.57. The van der Waals surface area contributed by atoms with Gasteiger partial charge in [0.25, 0.3) is 0 Å². The van der Waals surface area contributed by atoms with Gasteiger partial charge in [-0.05, 0) is 92.6 Å². The van der Waals surface area contributed by atoms with Crippen molar-refractivity contribution in [3.8, 4) is 0 Å². The zero-order chi connectivity index (χ0) is 17.1. The first-order chi connectivity index (χ1) is 11.5. The minimum absolute atomic E-state index is 0.197. The second-order valence-corrected chi connectivity index (χ2v) is 7.28. The minimum atomic E-state index is 0.197. The van der Waals surface area contributed by atoms with Gasteiger partial charge in [0.2, 0.25) is 0 Å². The third-order valence-corrected chi connectivity index (χ3v) is 5.08. The van der Waals surface area contributed by atoms with Crippen LogP contribution in [0.15, 0.2) is 36.4 Å². The van der Waals surface area contributed by atoms with E-state index in [1.807, 2.05) is 0 Å². The minimum Gasteiger partial charge on any atom is -0.356 e. The smallest absolute Gasteiger partial charge is 0.171 e. The maximum Gasteiger partial charge on any atom is 0.171 e. The Morgan fingerprint density at radius 1 is 1.00 bits per heavy atom. The number of thiocarbonyl (C=S) groups is 1. The van der Waals surface area contributed by atoms with Crippen molar-refractivity contribution in [2.75, 3.05) is 5.32 Å². The fraction of sp³-hybridized carbons (Fsp3) is 0.381. The number of fused-ring (bicyclic) bond motifs is 1. The van der Waals surface area contributed by atoms with Crippen molar-refractivity contribution in [1.82, 2.24) is 5.32 Å². The van der Waals surface area contributed by atoms with Crippen LogP contribution >= 0.6 is 12.2 Å². The van der Waals surface area contributed by atoms with E-state index in [1.165, 1.54) is 53.5 Å². The molecule has 0 heterocycles. The molecule has 2 N–H and O–H groups in total. The van der Waals surface area contributed by atoms with Crippen LogP contribution in [-0.2, 0) is 12.8 Å². The second kappa shape index (κ2) is 7.35. The molecule has 0 aliphatic heterocycles. The lowest BCUT2D eigenvalue weighted by Gasteiger charge is -2.21. The van der Waals surface area contributed by atoms with Crippen molar-refractivity contribution in [3.63, 3.8) is 0 Å². The van der Waals surface area contributed by atoms with Gasteiger partial charge in [0.15, 0.2) is 5.11 Å². The molecule has 1 aliphatic carbocycles. The summed E-state index contributed by atoms with van der Waals surface area (Å²) in [4.78, 5) is 0. The predicted octanol–water partition coefficient (Wildman–Crippen LogP) is 5.23. The normalized spacial score (nSPS) is 14.6. The Balaban J connectivity index is 1.66. The summed E-state index contributed by atoms with van der Waals surface area (Å²) in [5.41, 5.74) is 7.85. The summed E-state index contributed by atoms with van der Waals surface area (Å²) in [6, 6.07) is 13.5. The highest BCUT2D eigenvalue weighted by Gasteiger charge is 2.13. The highest BCUT2D eigenvalue weighted by molar-refractivity contribution is 7.80. The van der Waals surface area contributed by atoms with Crippen LogP contribution in [0.5, 0.6) is 0 Å². The van der Waals surface area contributed by atoms with Crippen LogP contribution in [0.3, 0.4) is 0 Å². The van der Waals surface area contributed by atoms with Crippen molar-refractivity contribution >= 4 is 23.0 Å². The number of hydrogen-bond donors (Lipinski definition) is 2. The monoisotopic (exact) mass is 338 g/mol. The van der Waals surface area contributed by atoms with Crippen LogP contribution < -0.4 is 10.6 Å². The van der Waals surface area contributed by atoms with E-state index < -0.39 is 0 Å². The molecular weight excluding hydrogens is 312 g/mol. The van der Waals surface area contributed by atoms with E-state index in [0.717, 1.165) is 5.69 Å². The van der Waals surface area contributed by atoms with Gasteiger partial charge in [-0.25, -0.2) is 0 Å². The third-order valence-electron chi connectivity index (χ3n) is 4.86. The Morgan fingerprint density at radius 3 is 2.54 bits per heavy atom. The van der Waals surface area contributed by atoms with Crippen molar-refractivity contribution in [2.24, 2.45) is 0 Å². The molecule has 2 nitrogen and oxygen atoms in total. The van der Waals surface area contributed by atoms with E-state index in [4.69, 9.17) is 12.2 Å². The van der Waals surface area contributed by atoms with E-state index >= 15 is 0 Å². The summed E-state index contributed by atoms with van der Waals surface area (Å²) >= 11 is 5.51. The van der Waals surface area contributed by atoms with Crippen LogP contribution in [0.4, 0.5) is 5.69 Å². The van der Waals surface area contributed by atoms with E-state index in [9.17, 15) is 0 Å². The molecular formula is C21H26N2S. The maximum absolute atomic E-state index is 5.51. The summed E-state index contributed by atoms with van der Waals surface area (Å²) in [5.74, 6) is 0. The molecule has 0 saturated carbocycles. The number of anilines is 1. The van der Waals surface area contributed by atoms with Crippen molar-refractivity contribution in [2.45, 2.75) is 52.5 Å². The van der Waals surface area contributed by atoms with Gasteiger partial charge in [0.1, 0.15) is 0 Å². The summed E-state index contributed by atoms with van der Waals surface area (Å²) in [5, 5.41) is 7.43. The molecule has 0 saturated heterocycles. The summed E-state index contributed by atoms with van der Waals surface area (Å²) < 4.78 is 0. The molecule has 126 valence electrons. The lowest BCUT2D eigenvalue weighted by molar-refractivity contribution is 0.675. The molecule has 0 fully saturated rings. The first-order valence-electron chi connectivity index (χ1n) is 8.79. The highest BCUT2D eigenvalue weighted by Crippen LogP contribution is 2.25. The number of aryl methyl sites for hydroxylation is 4. The molecule has 1 aliphatic rings. The Labute approximate surface area is 150 Å². The van der Waals surface area contributed by atoms with E-state index in [1.54, 1.807) is 0 Å². The Bertz CT molecular complexity index is 751. The summed E-state index contributed by atoms with van der Waals surface area (Å²) in [6.45, 7) is 6.36. The zero-order valence-electron chi connectivity index (χ0n) is 14.8. The van der Waals surface area contributed by atoms with Crippen LogP contribution in [0.1, 0.15) is 53.6 Å². The largest absolute Gasteiger partial charge is 0.356 e. The Kier molecular flexibility index (Phi) is 5.20. The molecule has 0 aromatic heterocycles. The van der Waals surface area contributed by atoms with Crippen molar-refractivity contribution in [1.29, 1.82) is 0 Å². The second-order valence-electron chi connectivity index (χ2n) is 6.87. The van der Waals surface area contributed by atoms with Gasteiger partial charge in [-0.15, -0.1) is 0 Å². The fourth-order valence-electron chi connectivity index (χ4n) is 3.33. The van der Waals surface area contributed by atoms with Gasteiger partial charge < -0.3 is 10.6 Å². The summed E-state index contributed by atoms with van der Waals surface area (Å²) in [7, 11) is 0. The molecule has 3 rings (SSSR count). The van der Waals surface area contributed by atoms with Gasteiger partial charge >= 0.3 is 0 Å². The molecule has 0 radical (unpaired) electrons. The first kappa shape index (κ1) is 17.0. The van der Waals surface area contributed by atoms with Gasteiger partial charge in [-0.1, -0.05) is 30.3 Å². The van der Waals surface area contributed by atoms with Crippen LogP contribution in [-0.4, -0.2) is 5.11 Å². The van der Waals surface area contributed by atoms with Gasteiger partial charge in [-0.2, -0.15) is 0 Å². The lowest BCUT2D eigenvalue weighted by atomic mass is 9.89. The molecule has 2 aromatic carbocycles. The van der Waals surface area contributed by atoms with Gasteiger partial charge in [-0.3, -0.25) is 0 Å². The van der Waals surface area contributed by atoms with E-state index in [0.29, 0.717) is 5.11 Å². The molecule has 1 atom stereocenters. The number of nitrogens with one attached hydrogen (secondary N) is 2. The molecule has 0 amide bonds. The standard InChI is InChI=1S/C21H26N2S/c1-14-8-9-15(2)20(12-14)23-21(24)22-16(3)18-11-10-17-6-4-5-7-19(17)13-18/h8-13,16H,4-7H2,1-3H3,(H2,22,23,24)/t16-/m1/s1. The molecule has 0 unspecified atom stereocenters. The SMILES string of the molecule is Cc1ccc(C)c(NC(=S)N[C@H](C)c2ccc3c(c2)CCCC3)c1. The molecule has 3 heteroatoms. The zero-order valence-corrected chi connectivity index (χ0v) is 15.6. The topological polar surface area (TPSA) is 24.1 Å². The molecule has 0 bridgehead atoms. The fourth-order valence-corrected chi connectivity index (χ4v) is 3.62. The number of hydrogen-bond acceptors (Lipinski definition) is 1. The van der Waals surface area contributed by atoms with Gasteiger partial charge in [0.05, 0.1) is 6.04 Å². The average molecular weight is 339 g/mol. The maximum atomic E-state index is 5.51. The molecule has 24 heavy (non-hydrogen) atoms. The van der Waals surface area contributed by atoms with Crippen LogP contribution in [0, 0.1) is 13.8 Å². The van der Waals surface area contributed by atoms with Crippen LogP contribution in [0.25, 0.3) is 0 Å².